The number of amides is 2. The zero-order valence-electron chi connectivity index (χ0n) is 18.3. The van der Waals surface area contributed by atoms with Crippen molar-refractivity contribution in [1.29, 1.82) is 0 Å². The number of rotatable bonds is 4. The van der Waals surface area contributed by atoms with Gasteiger partial charge in [0.25, 0.3) is 11.8 Å². The molecule has 1 aromatic heterocycles. The minimum atomic E-state index is -0.508. The highest BCUT2D eigenvalue weighted by Gasteiger charge is 2.35. The van der Waals surface area contributed by atoms with E-state index in [0.717, 1.165) is 43.6 Å². The number of hydrogen-bond acceptors (Lipinski definition) is 3. The van der Waals surface area contributed by atoms with Gasteiger partial charge in [-0.1, -0.05) is 35.0 Å². The standard InChI is InChI=1S/C25H21Br2N3O2S/c1-4-16-5-9-19(10-6-16)30-24(32)21(23(31)28-25(30)33)13-20-14(2)29(15(3)22(20)27)18-11-7-17(26)8-12-18/h5-13H,4H2,1-3H3,(H,28,31,33)/b21-13+. The molecule has 0 radical (unpaired) electrons. The summed E-state index contributed by atoms with van der Waals surface area (Å²) in [6, 6.07) is 15.5. The van der Waals surface area contributed by atoms with Gasteiger partial charge in [-0.3, -0.25) is 19.8 Å². The van der Waals surface area contributed by atoms with Crippen LogP contribution in [0.3, 0.4) is 0 Å². The summed E-state index contributed by atoms with van der Waals surface area (Å²) in [5.74, 6) is -0.958. The van der Waals surface area contributed by atoms with E-state index in [9.17, 15) is 9.59 Å². The first kappa shape index (κ1) is 23.6. The van der Waals surface area contributed by atoms with Gasteiger partial charge in [-0.2, -0.15) is 0 Å². The summed E-state index contributed by atoms with van der Waals surface area (Å²) in [7, 11) is 0. The molecular weight excluding hydrogens is 566 g/mol. The second kappa shape index (κ2) is 9.37. The number of carbonyl (C=O) groups excluding carboxylic acids is 2. The number of carbonyl (C=O) groups is 2. The van der Waals surface area contributed by atoms with E-state index >= 15 is 0 Å². The number of benzene rings is 2. The number of thiocarbonyl (C=S) groups is 1. The molecule has 1 fully saturated rings. The van der Waals surface area contributed by atoms with Crippen molar-refractivity contribution >= 4 is 72.8 Å². The molecule has 0 unspecified atom stereocenters. The molecule has 2 aromatic carbocycles. The van der Waals surface area contributed by atoms with Gasteiger partial charge >= 0.3 is 0 Å². The van der Waals surface area contributed by atoms with Gasteiger partial charge in [0.15, 0.2) is 5.11 Å². The van der Waals surface area contributed by atoms with E-state index < -0.39 is 11.8 Å². The van der Waals surface area contributed by atoms with Crippen LogP contribution in [0.2, 0.25) is 0 Å². The SMILES string of the molecule is CCc1ccc(N2C(=O)/C(=C/c3c(Br)c(C)n(-c4ccc(Br)cc4)c3C)C(=O)NC2=S)cc1. The molecule has 8 heteroatoms. The first-order chi connectivity index (χ1) is 15.7. The topological polar surface area (TPSA) is 54.3 Å². The Morgan fingerprint density at radius 3 is 2.15 bits per heavy atom. The van der Waals surface area contributed by atoms with Crippen LogP contribution in [0.1, 0.15) is 29.4 Å². The first-order valence-corrected chi connectivity index (χ1v) is 12.4. The maximum Gasteiger partial charge on any atom is 0.270 e. The quantitative estimate of drug-likeness (QED) is 0.231. The van der Waals surface area contributed by atoms with E-state index in [0.29, 0.717) is 5.69 Å². The van der Waals surface area contributed by atoms with Crippen molar-refractivity contribution in [2.75, 3.05) is 4.90 Å². The van der Waals surface area contributed by atoms with Gasteiger partial charge in [0.2, 0.25) is 0 Å². The molecule has 5 nitrogen and oxygen atoms in total. The van der Waals surface area contributed by atoms with Crippen molar-refractivity contribution < 1.29 is 9.59 Å². The van der Waals surface area contributed by atoms with E-state index in [1.54, 1.807) is 6.08 Å². The Hall–Kier alpha value is -2.55. The molecule has 0 saturated carbocycles. The third-order valence-electron chi connectivity index (χ3n) is 5.69. The maximum absolute atomic E-state index is 13.4. The second-order valence-electron chi connectivity index (χ2n) is 7.69. The van der Waals surface area contributed by atoms with Gasteiger partial charge in [0, 0.05) is 31.6 Å². The van der Waals surface area contributed by atoms with E-state index in [2.05, 4.69) is 48.7 Å². The van der Waals surface area contributed by atoms with Gasteiger partial charge < -0.3 is 4.57 Å². The highest BCUT2D eigenvalue weighted by molar-refractivity contribution is 9.10. The number of aromatic nitrogens is 1. The smallest absolute Gasteiger partial charge is 0.270 e. The van der Waals surface area contributed by atoms with E-state index in [-0.39, 0.29) is 10.7 Å². The third-order valence-corrected chi connectivity index (χ3v) is 7.51. The fourth-order valence-corrected chi connectivity index (χ4v) is 5.01. The molecule has 33 heavy (non-hydrogen) atoms. The van der Waals surface area contributed by atoms with Crippen molar-refractivity contribution in [2.45, 2.75) is 27.2 Å². The summed E-state index contributed by atoms with van der Waals surface area (Å²) in [5, 5.41) is 2.73. The summed E-state index contributed by atoms with van der Waals surface area (Å²) >= 11 is 12.4. The predicted octanol–water partition coefficient (Wildman–Crippen LogP) is 6.01. The van der Waals surface area contributed by atoms with Gasteiger partial charge in [-0.15, -0.1) is 0 Å². The summed E-state index contributed by atoms with van der Waals surface area (Å²) in [4.78, 5) is 27.6. The lowest BCUT2D eigenvalue weighted by Gasteiger charge is -2.29. The average Bonchev–Trinajstić information content (AvgIpc) is 3.00. The predicted molar refractivity (Wildman–Crippen MR) is 143 cm³/mol. The molecule has 3 aromatic rings. The van der Waals surface area contributed by atoms with E-state index in [1.165, 1.54) is 4.90 Å². The highest BCUT2D eigenvalue weighted by atomic mass is 79.9. The molecule has 0 spiro atoms. The molecule has 1 N–H and O–H groups in total. The van der Waals surface area contributed by atoms with Crippen molar-refractivity contribution in [3.8, 4) is 5.69 Å². The van der Waals surface area contributed by atoms with Crippen LogP contribution in [-0.4, -0.2) is 21.5 Å². The summed E-state index contributed by atoms with van der Waals surface area (Å²) in [5.41, 5.74) is 5.42. The number of hydrogen-bond donors (Lipinski definition) is 1. The van der Waals surface area contributed by atoms with Crippen LogP contribution >= 0.6 is 44.1 Å². The van der Waals surface area contributed by atoms with Crippen LogP contribution in [0.25, 0.3) is 11.8 Å². The number of nitrogens with one attached hydrogen (secondary N) is 1. The van der Waals surface area contributed by atoms with Gasteiger partial charge in [0.1, 0.15) is 5.57 Å². The number of nitrogens with zero attached hydrogens (tertiary/aromatic N) is 2. The molecular formula is C25H21Br2N3O2S. The molecule has 0 aliphatic carbocycles. The molecule has 1 aliphatic rings. The van der Waals surface area contributed by atoms with Crippen LogP contribution in [0.4, 0.5) is 5.69 Å². The molecule has 2 amide bonds. The molecule has 168 valence electrons. The van der Waals surface area contributed by atoms with Crippen LogP contribution in [-0.2, 0) is 16.0 Å². The van der Waals surface area contributed by atoms with E-state index in [4.69, 9.17) is 12.2 Å². The molecule has 1 aliphatic heterocycles. The summed E-state index contributed by atoms with van der Waals surface area (Å²) in [6.45, 7) is 6.01. The maximum atomic E-state index is 13.4. The fourth-order valence-electron chi connectivity index (χ4n) is 3.89. The Morgan fingerprint density at radius 2 is 1.55 bits per heavy atom. The molecule has 1 saturated heterocycles. The Balaban J connectivity index is 1.78. The molecule has 2 heterocycles. The minimum Gasteiger partial charge on any atom is -0.317 e. The lowest BCUT2D eigenvalue weighted by molar-refractivity contribution is -0.122. The summed E-state index contributed by atoms with van der Waals surface area (Å²) in [6.07, 6.45) is 2.52. The lowest BCUT2D eigenvalue weighted by atomic mass is 10.1. The highest BCUT2D eigenvalue weighted by Crippen LogP contribution is 2.33. The Morgan fingerprint density at radius 1 is 0.939 bits per heavy atom. The summed E-state index contributed by atoms with van der Waals surface area (Å²) < 4.78 is 3.89. The largest absolute Gasteiger partial charge is 0.317 e. The third kappa shape index (κ3) is 4.35. The molecule has 4 rings (SSSR count). The Labute approximate surface area is 214 Å². The molecule has 0 bridgehead atoms. The number of anilines is 1. The first-order valence-electron chi connectivity index (χ1n) is 10.4. The second-order valence-corrected chi connectivity index (χ2v) is 9.78. The van der Waals surface area contributed by atoms with Crippen molar-refractivity contribution in [3.05, 3.63) is 85.6 Å². The van der Waals surface area contributed by atoms with E-state index in [1.807, 2.05) is 62.4 Å². The lowest BCUT2D eigenvalue weighted by Crippen LogP contribution is -2.54. The van der Waals surface area contributed by atoms with Crippen molar-refractivity contribution in [2.24, 2.45) is 0 Å². The number of aryl methyl sites for hydroxylation is 1. The fraction of sp³-hybridized carbons (Fsp3) is 0.160. The minimum absolute atomic E-state index is 0.0277. The number of halogens is 2. The monoisotopic (exact) mass is 585 g/mol. The van der Waals surface area contributed by atoms with Gasteiger partial charge in [-0.05, 0) is 96.5 Å². The van der Waals surface area contributed by atoms with Gasteiger partial charge in [0.05, 0.1) is 5.69 Å². The Kier molecular flexibility index (Phi) is 6.70. The zero-order chi connectivity index (χ0) is 23.9. The normalized spacial score (nSPS) is 15.4. The van der Waals surface area contributed by atoms with Gasteiger partial charge in [-0.25, -0.2) is 0 Å². The average molecular weight is 587 g/mol. The molecule has 0 atom stereocenters. The van der Waals surface area contributed by atoms with Crippen LogP contribution in [0.5, 0.6) is 0 Å². The van der Waals surface area contributed by atoms with Crippen molar-refractivity contribution in [3.63, 3.8) is 0 Å². The van der Waals surface area contributed by atoms with Crippen LogP contribution in [0, 0.1) is 13.8 Å². The van der Waals surface area contributed by atoms with Crippen LogP contribution < -0.4 is 10.2 Å². The zero-order valence-corrected chi connectivity index (χ0v) is 22.3. The Bertz CT molecular complexity index is 1310. The van der Waals surface area contributed by atoms with Crippen molar-refractivity contribution in [1.82, 2.24) is 9.88 Å². The van der Waals surface area contributed by atoms with Crippen LogP contribution in [0.15, 0.2) is 63.0 Å².